The van der Waals surface area contributed by atoms with Crippen molar-refractivity contribution >= 4 is 34.1 Å². The predicted molar refractivity (Wildman–Crippen MR) is 61.5 cm³/mol. The van der Waals surface area contributed by atoms with E-state index in [-0.39, 0.29) is 0 Å². The summed E-state index contributed by atoms with van der Waals surface area (Å²) in [5.41, 5.74) is 3.35. The fourth-order valence-corrected chi connectivity index (χ4v) is 0.709. The van der Waals surface area contributed by atoms with E-state index >= 15 is 0 Å². The van der Waals surface area contributed by atoms with Crippen molar-refractivity contribution in [3.63, 3.8) is 0 Å². The number of pyridine rings is 1. The Morgan fingerprint density at radius 1 is 1.60 bits per heavy atom. The summed E-state index contributed by atoms with van der Waals surface area (Å²) in [6.07, 6.45) is 3.28. The first-order valence-corrected chi connectivity index (χ1v) is 5.48. The zero-order valence-corrected chi connectivity index (χ0v) is 10.3. The fraction of sp³-hybridized carbons (Fsp3) is 0.125. The van der Waals surface area contributed by atoms with Gasteiger partial charge in [-0.1, -0.05) is 6.07 Å². The topological polar surface area (TPSA) is 49.6 Å². The molecule has 0 unspecified atom stereocenters. The van der Waals surface area contributed by atoms with Crippen LogP contribution in [0, 0.1) is 0 Å². The Hall–Kier alpha value is -0.681. The molecule has 0 atom stereocenters. The first kappa shape index (κ1) is 14.3. The molecule has 1 N–H and O–H groups in total. The van der Waals surface area contributed by atoms with Crippen LogP contribution in [0.3, 0.4) is 0 Å². The predicted octanol–water partition coefficient (Wildman–Crippen LogP) is 1.22. The summed E-state index contributed by atoms with van der Waals surface area (Å²) < 4.78 is 0. The van der Waals surface area contributed by atoms with Gasteiger partial charge in [0.25, 0.3) is 0 Å². The molecule has 0 amide bonds. The van der Waals surface area contributed by atoms with Gasteiger partial charge < -0.3 is 12.6 Å². The number of nitrogens with one attached hydrogen (secondary N) is 1. The van der Waals surface area contributed by atoms with E-state index in [4.69, 9.17) is 12.6 Å². The van der Waals surface area contributed by atoms with Gasteiger partial charge in [0.1, 0.15) is 0 Å². The van der Waals surface area contributed by atoms with Gasteiger partial charge in [-0.3, -0.25) is 15.4 Å². The maximum atomic E-state index is 4.76. The third kappa shape index (κ3) is 7.27. The second-order valence-corrected chi connectivity index (χ2v) is 2.54. The second-order valence-electron chi connectivity index (χ2n) is 2.15. The van der Waals surface area contributed by atoms with Crippen LogP contribution < -0.4 is 5.43 Å². The number of nitrogens with zero attached hydrogens (tertiary/aromatic N) is 3. The molecular formula is C8H9ClCuN4S. The number of hydrogen-bond donors (Lipinski definition) is 1. The van der Waals surface area contributed by atoms with Crippen LogP contribution in [0.5, 0.6) is 0 Å². The normalized spacial score (nSPS) is 10.8. The van der Waals surface area contributed by atoms with Gasteiger partial charge in [-0.25, -0.2) is 0 Å². The van der Waals surface area contributed by atoms with Crippen molar-refractivity contribution in [1.29, 1.82) is 0 Å². The molecule has 7 heteroatoms. The van der Waals surface area contributed by atoms with Crippen molar-refractivity contribution in [2.75, 3.05) is 7.05 Å². The van der Waals surface area contributed by atoms with E-state index < -0.39 is 0 Å². The molecule has 1 rings (SSSR count). The van der Waals surface area contributed by atoms with Crippen LogP contribution in [0.15, 0.2) is 34.5 Å². The van der Waals surface area contributed by atoms with Gasteiger partial charge in [0.15, 0.2) is 0 Å². The Kier molecular flexibility index (Phi) is 9.41. The fourth-order valence-electron chi connectivity index (χ4n) is 0.656. The van der Waals surface area contributed by atoms with Crippen LogP contribution in [-0.4, -0.2) is 23.4 Å². The number of hydrazone groups is 1. The summed E-state index contributed by atoms with van der Waals surface area (Å²) >= 11 is 8.42. The average molecular weight is 292 g/mol. The minimum atomic E-state index is 0.354. The third-order valence-electron chi connectivity index (χ3n) is 1.25. The number of halogens is 1. The van der Waals surface area contributed by atoms with Crippen LogP contribution in [0.1, 0.15) is 5.69 Å². The first-order chi connectivity index (χ1) is 7.33. The average Bonchev–Trinajstić information content (AvgIpc) is 2.33. The standard InChI is InChI=1S/C8H10N4S.ClH.Cu/c1-9-8(13)12-11-6-7-4-2-3-5-10-7;;/h2-6H,1H3,(H2,9,12,13);1H;/q;;+2/p-2/b11-6+;;. The van der Waals surface area contributed by atoms with Crippen LogP contribution >= 0.6 is 10.1 Å². The molecule has 15 heavy (non-hydrogen) atoms. The van der Waals surface area contributed by atoms with Crippen molar-refractivity contribution in [1.82, 2.24) is 10.4 Å². The van der Waals surface area contributed by atoms with Crippen molar-refractivity contribution in [3.8, 4) is 0 Å². The van der Waals surface area contributed by atoms with E-state index in [0.717, 1.165) is 5.69 Å². The first-order valence-electron chi connectivity index (χ1n) is 3.78. The monoisotopic (exact) mass is 291 g/mol. The summed E-state index contributed by atoms with van der Waals surface area (Å²) in [5.74, 6) is 0. The van der Waals surface area contributed by atoms with Gasteiger partial charge in [-0.05, 0) is 17.3 Å². The number of aromatic nitrogens is 1. The van der Waals surface area contributed by atoms with Gasteiger partial charge >= 0.3 is 25.2 Å². The zero-order valence-electron chi connectivity index (χ0n) is 7.82. The van der Waals surface area contributed by atoms with Crippen molar-refractivity contribution < 1.29 is 15.1 Å². The number of hydrogen-bond acceptors (Lipinski definition) is 4. The molecule has 1 aromatic rings. The molecule has 0 saturated heterocycles. The quantitative estimate of drug-likeness (QED) is 0.293. The molecule has 0 aliphatic heterocycles. The van der Waals surface area contributed by atoms with E-state index in [0.29, 0.717) is 5.17 Å². The summed E-state index contributed by atoms with van der Waals surface area (Å²) in [6, 6.07) is 5.57. The van der Waals surface area contributed by atoms with Gasteiger partial charge in [0.05, 0.1) is 11.9 Å². The zero-order chi connectivity index (χ0) is 11.5. The molecule has 0 aromatic carbocycles. The molecule has 0 saturated carbocycles. The Labute approximate surface area is 107 Å². The molecular weight excluding hydrogens is 283 g/mol. The van der Waals surface area contributed by atoms with Gasteiger partial charge in [0.2, 0.25) is 0 Å². The molecule has 0 bridgehead atoms. The Morgan fingerprint density at radius 3 is 2.87 bits per heavy atom. The van der Waals surface area contributed by atoms with E-state index in [9.17, 15) is 0 Å². The summed E-state index contributed by atoms with van der Waals surface area (Å²) in [4.78, 5) is 7.74. The number of amidine groups is 1. The maximum absolute atomic E-state index is 4.76. The molecule has 85 valence electrons. The Morgan fingerprint density at radius 2 is 2.33 bits per heavy atom. The number of rotatable bonds is 2. The molecule has 0 spiro atoms. The van der Waals surface area contributed by atoms with Crippen LogP contribution in [0.2, 0.25) is 0 Å². The van der Waals surface area contributed by atoms with E-state index in [1.54, 1.807) is 19.5 Å². The minimum absolute atomic E-state index is 0.354. The van der Waals surface area contributed by atoms with Gasteiger partial charge in [-0.2, -0.15) is 5.10 Å². The van der Waals surface area contributed by atoms with E-state index in [2.05, 4.69) is 45.7 Å². The van der Waals surface area contributed by atoms with Gasteiger partial charge in [-0.15, -0.1) is 0 Å². The number of aliphatic imine (C=N–C) groups is 1. The van der Waals surface area contributed by atoms with Crippen molar-refractivity contribution in [3.05, 3.63) is 30.1 Å². The third-order valence-corrected chi connectivity index (χ3v) is 1.52. The molecule has 0 radical (unpaired) electrons. The molecule has 1 heterocycles. The Bertz CT molecular complexity index is 318. The second kappa shape index (κ2) is 9.86. The van der Waals surface area contributed by atoms with Crippen LogP contribution in [0.4, 0.5) is 0 Å². The van der Waals surface area contributed by atoms with E-state index in [1.165, 1.54) is 0 Å². The summed E-state index contributed by atoms with van der Waals surface area (Å²) in [6.45, 7) is 0. The SMILES string of the molecule is CN=C([S-])N/N=C/c1ccccn1.[Cl][Cu+]. The van der Waals surface area contributed by atoms with E-state index in [1.807, 2.05) is 18.2 Å². The molecule has 0 aliphatic rings. The summed E-state index contributed by atoms with van der Waals surface area (Å²) in [7, 11) is 5.80. The van der Waals surface area contributed by atoms with Crippen molar-refractivity contribution in [2.24, 2.45) is 10.1 Å². The van der Waals surface area contributed by atoms with Crippen LogP contribution in [-0.2, 0) is 27.7 Å². The van der Waals surface area contributed by atoms with Crippen LogP contribution in [0.25, 0.3) is 0 Å². The molecule has 1 aromatic heterocycles. The molecule has 0 aliphatic carbocycles. The van der Waals surface area contributed by atoms with Crippen molar-refractivity contribution in [2.45, 2.75) is 0 Å². The van der Waals surface area contributed by atoms with Gasteiger partial charge in [0, 0.05) is 13.2 Å². The Balaban J connectivity index is 0.000000921. The molecule has 0 fully saturated rings. The molecule has 4 nitrogen and oxygen atoms in total. The summed E-state index contributed by atoms with van der Waals surface area (Å²) in [5, 5.41) is 4.19.